The standard InChI is InChI=1S/C16H17FN2OS/c1-11-3-2-4-13(9-11)20-8-7-19-15-6-5-12(17)10-14(15)16(18)21/h2-6,9-10,19H,7-8H2,1H3,(H2,18,21). The smallest absolute Gasteiger partial charge is 0.124 e. The molecule has 2 rings (SSSR count). The van der Waals surface area contributed by atoms with Gasteiger partial charge in [0, 0.05) is 17.8 Å². The van der Waals surface area contributed by atoms with Crippen molar-refractivity contribution < 1.29 is 9.13 Å². The molecule has 0 unspecified atom stereocenters. The first-order valence-electron chi connectivity index (χ1n) is 6.59. The van der Waals surface area contributed by atoms with Crippen LogP contribution in [-0.2, 0) is 0 Å². The van der Waals surface area contributed by atoms with Gasteiger partial charge in [-0.1, -0.05) is 24.4 Å². The highest BCUT2D eigenvalue weighted by Crippen LogP contribution is 2.17. The third-order valence-corrected chi connectivity index (χ3v) is 3.14. The van der Waals surface area contributed by atoms with Gasteiger partial charge < -0.3 is 15.8 Å². The Hall–Kier alpha value is -2.14. The summed E-state index contributed by atoms with van der Waals surface area (Å²) in [5, 5.41) is 3.15. The summed E-state index contributed by atoms with van der Waals surface area (Å²) in [6.45, 7) is 3.06. The summed E-state index contributed by atoms with van der Waals surface area (Å²) < 4.78 is 18.8. The average Bonchev–Trinajstić information content (AvgIpc) is 2.44. The first kappa shape index (κ1) is 15.3. The maximum absolute atomic E-state index is 13.2. The Kier molecular flexibility index (Phi) is 5.11. The van der Waals surface area contributed by atoms with Crippen molar-refractivity contribution in [3.8, 4) is 5.75 Å². The van der Waals surface area contributed by atoms with E-state index in [9.17, 15) is 4.39 Å². The zero-order chi connectivity index (χ0) is 15.2. The molecule has 0 radical (unpaired) electrons. The Bertz CT molecular complexity index is 646. The second kappa shape index (κ2) is 7.04. The molecule has 2 aromatic rings. The van der Waals surface area contributed by atoms with E-state index in [1.165, 1.54) is 12.1 Å². The fraction of sp³-hybridized carbons (Fsp3) is 0.188. The number of hydrogen-bond acceptors (Lipinski definition) is 3. The van der Waals surface area contributed by atoms with E-state index in [-0.39, 0.29) is 10.8 Å². The zero-order valence-corrected chi connectivity index (χ0v) is 12.5. The Balaban J connectivity index is 1.90. The minimum Gasteiger partial charge on any atom is -0.492 e. The second-order valence-electron chi connectivity index (χ2n) is 4.65. The Morgan fingerprint density at radius 3 is 2.81 bits per heavy atom. The number of nitrogens with two attached hydrogens (primary N) is 1. The highest BCUT2D eigenvalue weighted by Gasteiger charge is 2.06. The first-order valence-corrected chi connectivity index (χ1v) is 7.00. The van der Waals surface area contributed by atoms with Gasteiger partial charge >= 0.3 is 0 Å². The number of hydrogen-bond donors (Lipinski definition) is 2. The number of thiocarbonyl (C=S) groups is 1. The quantitative estimate of drug-likeness (QED) is 0.635. The molecule has 3 N–H and O–H groups in total. The minimum atomic E-state index is -0.362. The van der Waals surface area contributed by atoms with Gasteiger partial charge in [0.25, 0.3) is 0 Å². The second-order valence-corrected chi connectivity index (χ2v) is 5.09. The topological polar surface area (TPSA) is 47.3 Å². The van der Waals surface area contributed by atoms with Crippen LogP contribution in [0.15, 0.2) is 42.5 Å². The fourth-order valence-corrected chi connectivity index (χ4v) is 2.10. The summed E-state index contributed by atoms with van der Waals surface area (Å²) in [5.41, 5.74) is 7.94. The van der Waals surface area contributed by atoms with Crippen LogP contribution in [0.1, 0.15) is 11.1 Å². The van der Waals surface area contributed by atoms with Crippen LogP contribution in [-0.4, -0.2) is 18.1 Å². The number of ether oxygens (including phenoxy) is 1. The van der Waals surface area contributed by atoms with E-state index in [0.717, 1.165) is 11.3 Å². The molecule has 0 aliphatic rings. The van der Waals surface area contributed by atoms with Gasteiger partial charge in [-0.3, -0.25) is 0 Å². The molecule has 3 nitrogen and oxygen atoms in total. The molecule has 21 heavy (non-hydrogen) atoms. The molecule has 0 fully saturated rings. The Labute approximate surface area is 128 Å². The van der Waals surface area contributed by atoms with E-state index in [1.807, 2.05) is 31.2 Å². The predicted molar refractivity (Wildman–Crippen MR) is 87.5 cm³/mol. The van der Waals surface area contributed by atoms with Crippen LogP contribution in [0.25, 0.3) is 0 Å². The van der Waals surface area contributed by atoms with Crippen LogP contribution < -0.4 is 15.8 Å². The molecule has 0 amide bonds. The molecule has 0 bridgehead atoms. The van der Waals surface area contributed by atoms with Gasteiger partial charge in [0.05, 0.1) is 0 Å². The van der Waals surface area contributed by atoms with Crippen LogP contribution in [0.3, 0.4) is 0 Å². The number of aryl methyl sites for hydroxylation is 1. The summed E-state index contributed by atoms with van der Waals surface area (Å²) in [4.78, 5) is 0.164. The van der Waals surface area contributed by atoms with Gasteiger partial charge in [0.15, 0.2) is 0 Å². The summed E-state index contributed by atoms with van der Waals surface area (Å²) in [6, 6.07) is 12.2. The number of halogens is 1. The van der Waals surface area contributed by atoms with E-state index in [2.05, 4.69) is 5.32 Å². The van der Waals surface area contributed by atoms with Gasteiger partial charge in [-0.15, -0.1) is 0 Å². The van der Waals surface area contributed by atoms with E-state index < -0.39 is 0 Å². The van der Waals surface area contributed by atoms with Crippen LogP contribution in [0, 0.1) is 12.7 Å². The van der Waals surface area contributed by atoms with Crippen molar-refractivity contribution in [2.24, 2.45) is 5.73 Å². The lowest BCUT2D eigenvalue weighted by atomic mass is 10.1. The van der Waals surface area contributed by atoms with Crippen molar-refractivity contribution >= 4 is 22.9 Å². The van der Waals surface area contributed by atoms with Crippen LogP contribution in [0.4, 0.5) is 10.1 Å². The average molecular weight is 304 g/mol. The molecule has 5 heteroatoms. The normalized spacial score (nSPS) is 10.2. The zero-order valence-electron chi connectivity index (χ0n) is 11.7. The molecule has 110 valence electrons. The summed E-state index contributed by atoms with van der Waals surface area (Å²) >= 11 is 4.92. The maximum Gasteiger partial charge on any atom is 0.124 e. The van der Waals surface area contributed by atoms with Crippen LogP contribution in [0.5, 0.6) is 5.75 Å². The van der Waals surface area contributed by atoms with Gasteiger partial charge in [-0.05, 0) is 42.8 Å². The van der Waals surface area contributed by atoms with Gasteiger partial charge in [0.1, 0.15) is 23.2 Å². The molecule has 0 aliphatic carbocycles. The van der Waals surface area contributed by atoms with E-state index in [0.29, 0.717) is 24.4 Å². The van der Waals surface area contributed by atoms with E-state index in [4.69, 9.17) is 22.7 Å². The summed E-state index contributed by atoms with van der Waals surface area (Å²) in [5.74, 6) is 0.463. The lowest BCUT2D eigenvalue weighted by Gasteiger charge is -2.12. The molecule has 2 aromatic carbocycles. The van der Waals surface area contributed by atoms with E-state index in [1.54, 1.807) is 6.07 Å². The summed E-state index contributed by atoms with van der Waals surface area (Å²) in [7, 11) is 0. The third kappa shape index (κ3) is 4.43. The lowest BCUT2D eigenvalue weighted by Crippen LogP contribution is -2.17. The lowest BCUT2D eigenvalue weighted by molar-refractivity contribution is 0.332. The molecule has 0 saturated carbocycles. The number of anilines is 1. The third-order valence-electron chi connectivity index (χ3n) is 2.92. The van der Waals surface area contributed by atoms with Gasteiger partial charge in [-0.25, -0.2) is 4.39 Å². The van der Waals surface area contributed by atoms with Crippen molar-refractivity contribution in [3.05, 3.63) is 59.4 Å². The highest BCUT2D eigenvalue weighted by molar-refractivity contribution is 7.80. The molecule has 0 saturated heterocycles. The predicted octanol–water partition coefficient (Wildman–Crippen LogP) is 3.26. The van der Waals surface area contributed by atoms with Crippen molar-refractivity contribution in [3.63, 3.8) is 0 Å². The van der Waals surface area contributed by atoms with Crippen molar-refractivity contribution in [2.45, 2.75) is 6.92 Å². The number of benzene rings is 2. The number of nitrogens with one attached hydrogen (secondary N) is 1. The van der Waals surface area contributed by atoms with Crippen molar-refractivity contribution in [1.82, 2.24) is 0 Å². The molecule has 0 spiro atoms. The van der Waals surface area contributed by atoms with Gasteiger partial charge in [0.2, 0.25) is 0 Å². The SMILES string of the molecule is Cc1cccc(OCCNc2ccc(F)cc2C(N)=S)c1. The number of rotatable bonds is 6. The molecule has 0 atom stereocenters. The molecule has 0 aliphatic heterocycles. The molecule has 0 heterocycles. The monoisotopic (exact) mass is 304 g/mol. The van der Waals surface area contributed by atoms with Crippen LogP contribution >= 0.6 is 12.2 Å². The first-order chi connectivity index (χ1) is 10.1. The van der Waals surface area contributed by atoms with E-state index >= 15 is 0 Å². The van der Waals surface area contributed by atoms with Gasteiger partial charge in [-0.2, -0.15) is 0 Å². The van der Waals surface area contributed by atoms with Crippen LogP contribution in [0.2, 0.25) is 0 Å². The fourth-order valence-electron chi connectivity index (χ4n) is 1.93. The maximum atomic E-state index is 13.2. The van der Waals surface area contributed by atoms with Crippen molar-refractivity contribution in [2.75, 3.05) is 18.5 Å². The molecular weight excluding hydrogens is 287 g/mol. The Morgan fingerprint density at radius 1 is 1.29 bits per heavy atom. The highest BCUT2D eigenvalue weighted by atomic mass is 32.1. The summed E-state index contributed by atoms with van der Waals surface area (Å²) in [6.07, 6.45) is 0. The molecule has 0 aromatic heterocycles. The largest absolute Gasteiger partial charge is 0.492 e. The Morgan fingerprint density at radius 2 is 2.10 bits per heavy atom. The van der Waals surface area contributed by atoms with Crippen molar-refractivity contribution in [1.29, 1.82) is 0 Å². The molecular formula is C16H17FN2OS. The minimum absolute atomic E-state index is 0.164.